The van der Waals surface area contributed by atoms with Gasteiger partial charge in [-0.3, -0.25) is 0 Å². The first kappa shape index (κ1) is 7.50. The van der Waals surface area contributed by atoms with Crippen molar-refractivity contribution in [3.8, 4) is 0 Å². The summed E-state index contributed by atoms with van der Waals surface area (Å²) in [6.45, 7) is 2.85. The van der Waals surface area contributed by atoms with Crippen LogP contribution in [0.3, 0.4) is 0 Å². The normalized spacial score (nSPS) is 33.7. The molecule has 1 aliphatic heterocycles. The zero-order valence-electron chi connectivity index (χ0n) is 5.83. The number of aliphatic carboxylic acids is 1. The predicted molar refractivity (Wildman–Crippen MR) is 34.8 cm³/mol. The Morgan fingerprint density at radius 2 is 2.50 bits per heavy atom. The highest BCUT2D eigenvalue weighted by Crippen LogP contribution is 1.99. The minimum atomic E-state index is -0.889. The zero-order valence-corrected chi connectivity index (χ0v) is 5.83. The van der Waals surface area contributed by atoms with Crippen LogP contribution in [0.15, 0.2) is 0 Å². The second-order valence-corrected chi connectivity index (χ2v) is 2.47. The fraction of sp³-hybridized carbons (Fsp3) is 0.833. The van der Waals surface area contributed by atoms with Crippen molar-refractivity contribution >= 4 is 5.97 Å². The zero-order chi connectivity index (χ0) is 7.56. The van der Waals surface area contributed by atoms with E-state index in [0.29, 0.717) is 13.2 Å². The fourth-order valence-corrected chi connectivity index (χ4v) is 0.845. The van der Waals surface area contributed by atoms with Crippen molar-refractivity contribution in [3.63, 3.8) is 0 Å². The highest BCUT2D eigenvalue weighted by molar-refractivity contribution is 5.72. The molecular formula is C6H11NO3. The first-order valence-corrected chi connectivity index (χ1v) is 3.28. The van der Waals surface area contributed by atoms with Gasteiger partial charge in [0.05, 0.1) is 6.61 Å². The van der Waals surface area contributed by atoms with Crippen LogP contribution < -0.4 is 5.32 Å². The van der Waals surface area contributed by atoms with E-state index >= 15 is 0 Å². The molecule has 4 nitrogen and oxygen atoms in total. The van der Waals surface area contributed by atoms with Crippen molar-refractivity contribution in [1.82, 2.24) is 5.32 Å². The molecule has 0 spiro atoms. The number of nitrogens with one attached hydrogen (secondary N) is 1. The second-order valence-electron chi connectivity index (χ2n) is 2.47. The Morgan fingerprint density at radius 3 is 2.90 bits per heavy atom. The first-order valence-electron chi connectivity index (χ1n) is 3.28. The number of morpholine rings is 1. The van der Waals surface area contributed by atoms with Crippen LogP contribution in [0.5, 0.6) is 0 Å². The quantitative estimate of drug-likeness (QED) is 0.519. The van der Waals surface area contributed by atoms with E-state index in [0.717, 1.165) is 0 Å². The summed E-state index contributed by atoms with van der Waals surface area (Å²) in [6, 6.07) is 0.274. The molecule has 2 atom stereocenters. The van der Waals surface area contributed by atoms with E-state index in [2.05, 4.69) is 5.32 Å². The summed E-state index contributed by atoms with van der Waals surface area (Å²) in [4.78, 5) is 10.3. The number of ether oxygens (including phenoxy) is 1. The van der Waals surface area contributed by atoms with Gasteiger partial charge in [-0.25, -0.2) is 4.79 Å². The number of carbonyl (C=O) groups is 1. The van der Waals surface area contributed by atoms with Crippen LogP contribution in [0.25, 0.3) is 0 Å². The highest BCUT2D eigenvalue weighted by atomic mass is 16.5. The summed E-state index contributed by atoms with van der Waals surface area (Å²) in [5.74, 6) is -0.889. The Balaban J connectivity index is 2.33. The summed E-state index contributed by atoms with van der Waals surface area (Å²) in [7, 11) is 0. The molecule has 10 heavy (non-hydrogen) atoms. The Morgan fingerprint density at radius 1 is 1.80 bits per heavy atom. The molecule has 0 aromatic rings. The molecular weight excluding hydrogens is 134 g/mol. The lowest BCUT2D eigenvalue weighted by Gasteiger charge is -2.25. The van der Waals surface area contributed by atoms with E-state index in [1.165, 1.54) is 0 Å². The third kappa shape index (κ3) is 1.68. The van der Waals surface area contributed by atoms with Gasteiger partial charge in [0.15, 0.2) is 6.10 Å². The smallest absolute Gasteiger partial charge is 0.334 e. The average Bonchev–Trinajstić information content (AvgIpc) is 1.88. The minimum Gasteiger partial charge on any atom is -0.479 e. The summed E-state index contributed by atoms with van der Waals surface area (Å²) in [6.07, 6.45) is -0.656. The third-order valence-corrected chi connectivity index (χ3v) is 1.47. The van der Waals surface area contributed by atoms with E-state index < -0.39 is 12.1 Å². The maximum Gasteiger partial charge on any atom is 0.334 e. The van der Waals surface area contributed by atoms with Gasteiger partial charge in [0.1, 0.15) is 0 Å². The van der Waals surface area contributed by atoms with E-state index in [9.17, 15) is 4.79 Å². The minimum absolute atomic E-state index is 0.274. The van der Waals surface area contributed by atoms with Gasteiger partial charge >= 0.3 is 5.97 Å². The molecule has 58 valence electrons. The van der Waals surface area contributed by atoms with Gasteiger partial charge in [-0.15, -0.1) is 0 Å². The van der Waals surface area contributed by atoms with Crippen LogP contribution in [0.2, 0.25) is 0 Å². The Kier molecular flexibility index (Phi) is 2.24. The third-order valence-electron chi connectivity index (χ3n) is 1.47. The number of carboxylic acids is 1. The topological polar surface area (TPSA) is 58.6 Å². The lowest BCUT2D eigenvalue weighted by Crippen LogP contribution is -2.47. The molecule has 0 aromatic heterocycles. The number of carboxylic acid groups (broad SMARTS) is 1. The largest absolute Gasteiger partial charge is 0.479 e. The highest BCUT2D eigenvalue weighted by Gasteiger charge is 2.23. The van der Waals surface area contributed by atoms with Crippen LogP contribution in [0.4, 0.5) is 0 Å². The lowest BCUT2D eigenvalue weighted by atomic mass is 10.2. The predicted octanol–water partition coefficient (Wildman–Crippen LogP) is -0.552. The molecule has 4 heteroatoms. The van der Waals surface area contributed by atoms with Crippen molar-refractivity contribution in [2.75, 3.05) is 13.2 Å². The van der Waals surface area contributed by atoms with Crippen LogP contribution in [0, 0.1) is 0 Å². The molecule has 1 heterocycles. The average molecular weight is 145 g/mol. The molecule has 2 N–H and O–H groups in total. The molecule has 1 rings (SSSR count). The second kappa shape index (κ2) is 2.98. The van der Waals surface area contributed by atoms with E-state index in [-0.39, 0.29) is 6.04 Å². The maximum absolute atomic E-state index is 10.3. The van der Waals surface area contributed by atoms with Gasteiger partial charge in [-0.1, -0.05) is 0 Å². The van der Waals surface area contributed by atoms with Crippen molar-refractivity contribution in [1.29, 1.82) is 0 Å². The maximum atomic E-state index is 10.3. The molecule has 0 bridgehead atoms. The van der Waals surface area contributed by atoms with E-state index in [4.69, 9.17) is 9.84 Å². The van der Waals surface area contributed by atoms with Gasteiger partial charge in [-0.2, -0.15) is 0 Å². The Bertz CT molecular complexity index is 129. The Hall–Kier alpha value is -0.610. The summed E-state index contributed by atoms with van der Waals surface area (Å²) in [5.41, 5.74) is 0. The van der Waals surface area contributed by atoms with Crippen molar-refractivity contribution < 1.29 is 14.6 Å². The molecule has 1 aliphatic rings. The molecule has 0 saturated carbocycles. The molecule has 0 aromatic carbocycles. The van der Waals surface area contributed by atoms with Crippen LogP contribution in [-0.2, 0) is 9.53 Å². The number of rotatable bonds is 1. The van der Waals surface area contributed by atoms with Gasteiger partial charge < -0.3 is 15.2 Å². The lowest BCUT2D eigenvalue weighted by molar-refractivity contribution is -0.152. The molecule has 0 aliphatic carbocycles. The molecule has 0 radical (unpaired) electrons. The van der Waals surface area contributed by atoms with Gasteiger partial charge in [0.2, 0.25) is 0 Å². The van der Waals surface area contributed by atoms with Crippen molar-refractivity contribution in [2.24, 2.45) is 0 Å². The number of hydrogen-bond acceptors (Lipinski definition) is 3. The summed E-state index contributed by atoms with van der Waals surface area (Å²) >= 11 is 0. The molecule has 0 amide bonds. The number of hydrogen-bond donors (Lipinski definition) is 2. The fourth-order valence-electron chi connectivity index (χ4n) is 0.845. The molecule has 1 fully saturated rings. The van der Waals surface area contributed by atoms with E-state index in [1.54, 1.807) is 0 Å². The Labute approximate surface area is 59.2 Å². The summed E-state index contributed by atoms with van der Waals surface area (Å²) < 4.78 is 4.99. The van der Waals surface area contributed by atoms with Crippen LogP contribution >= 0.6 is 0 Å². The SMILES string of the molecule is C[C@H]1CO[C@H](C(=O)O)CN1. The van der Waals surface area contributed by atoms with Gasteiger partial charge in [0, 0.05) is 12.6 Å². The van der Waals surface area contributed by atoms with Crippen LogP contribution in [0.1, 0.15) is 6.92 Å². The van der Waals surface area contributed by atoms with Crippen molar-refractivity contribution in [2.45, 2.75) is 19.1 Å². The first-order chi connectivity index (χ1) is 4.70. The van der Waals surface area contributed by atoms with Crippen molar-refractivity contribution in [3.05, 3.63) is 0 Å². The van der Waals surface area contributed by atoms with E-state index in [1.807, 2.05) is 6.92 Å². The molecule has 0 unspecified atom stereocenters. The monoisotopic (exact) mass is 145 g/mol. The van der Waals surface area contributed by atoms with Gasteiger partial charge in [-0.05, 0) is 6.92 Å². The van der Waals surface area contributed by atoms with Gasteiger partial charge in [0.25, 0.3) is 0 Å². The summed E-state index contributed by atoms with van der Waals surface area (Å²) in [5, 5.41) is 11.5. The molecule has 1 saturated heterocycles. The standard InChI is InChI=1S/C6H11NO3/c1-4-3-10-5(2-7-4)6(8)9/h4-5,7H,2-3H2,1H3,(H,8,9)/t4-,5-/m0/s1. The van der Waals surface area contributed by atoms with Crippen LogP contribution in [-0.4, -0.2) is 36.4 Å².